The molecule has 0 aliphatic carbocycles. The Morgan fingerprint density at radius 2 is 1.39 bits per heavy atom. The van der Waals surface area contributed by atoms with E-state index in [2.05, 4.69) is 6.92 Å². The van der Waals surface area contributed by atoms with Crippen LogP contribution in [-0.2, 0) is 11.2 Å². The maximum Gasteiger partial charge on any atom is 0.166 e. The summed E-state index contributed by atoms with van der Waals surface area (Å²) in [5, 5.41) is 0. The van der Waals surface area contributed by atoms with Crippen LogP contribution in [0.4, 0.5) is 17.6 Å². The Morgan fingerprint density at radius 3 is 2.00 bits per heavy atom. The molecule has 0 N–H and O–H groups in total. The van der Waals surface area contributed by atoms with Crippen LogP contribution in [0, 0.1) is 23.3 Å². The van der Waals surface area contributed by atoms with Crippen LogP contribution in [0.2, 0.25) is 0 Å². The highest BCUT2D eigenvalue weighted by atomic mass is 19.2. The molecule has 0 saturated carbocycles. The highest BCUT2D eigenvalue weighted by Gasteiger charge is 2.27. The van der Waals surface area contributed by atoms with E-state index in [1.165, 1.54) is 6.42 Å². The topological polar surface area (TPSA) is 9.23 Å². The van der Waals surface area contributed by atoms with E-state index in [0.29, 0.717) is 35.3 Å². The highest BCUT2D eigenvalue weighted by Crippen LogP contribution is 2.36. The third-order valence-corrected chi connectivity index (χ3v) is 7.46. The average Bonchev–Trinajstić information content (AvgIpc) is 2.94. The second kappa shape index (κ2) is 13.2. The first-order chi connectivity index (χ1) is 18.4. The summed E-state index contributed by atoms with van der Waals surface area (Å²) in [5.74, 6) is -3.69. The molecule has 1 fully saturated rings. The Hall–Kier alpha value is -2.92. The van der Waals surface area contributed by atoms with Crippen LogP contribution in [0.5, 0.6) is 0 Å². The minimum atomic E-state index is -0.913. The molecule has 0 bridgehead atoms. The van der Waals surface area contributed by atoms with E-state index >= 15 is 8.78 Å². The van der Waals surface area contributed by atoms with Gasteiger partial charge >= 0.3 is 0 Å². The van der Waals surface area contributed by atoms with E-state index in [9.17, 15) is 8.78 Å². The van der Waals surface area contributed by atoms with Crippen molar-refractivity contribution in [3.05, 3.63) is 95.1 Å². The molecule has 4 rings (SSSR count). The van der Waals surface area contributed by atoms with E-state index < -0.39 is 23.3 Å². The summed E-state index contributed by atoms with van der Waals surface area (Å²) in [6.45, 7) is 4.54. The van der Waals surface area contributed by atoms with Gasteiger partial charge in [0.2, 0.25) is 0 Å². The van der Waals surface area contributed by atoms with Crippen molar-refractivity contribution in [2.24, 2.45) is 0 Å². The molecular formula is C33H36F4O. The van der Waals surface area contributed by atoms with Crippen LogP contribution in [0.15, 0.2) is 60.7 Å². The fraction of sp³-hybridized carbons (Fsp3) is 0.394. The molecule has 1 saturated heterocycles. The lowest BCUT2D eigenvalue weighted by Gasteiger charge is -2.29. The molecule has 1 aliphatic rings. The summed E-state index contributed by atoms with van der Waals surface area (Å²) in [4.78, 5) is 0. The highest BCUT2D eigenvalue weighted by molar-refractivity contribution is 5.71. The fourth-order valence-electron chi connectivity index (χ4n) is 5.18. The molecule has 2 unspecified atom stereocenters. The van der Waals surface area contributed by atoms with E-state index in [1.807, 2.05) is 19.1 Å². The zero-order valence-corrected chi connectivity index (χ0v) is 22.2. The van der Waals surface area contributed by atoms with Crippen molar-refractivity contribution in [2.75, 3.05) is 6.61 Å². The first-order valence-electron chi connectivity index (χ1n) is 13.8. The molecule has 0 spiro atoms. The van der Waals surface area contributed by atoms with E-state index in [1.54, 1.807) is 48.5 Å². The molecule has 2 atom stereocenters. The van der Waals surface area contributed by atoms with E-state index in [4.69, 9.17) is 4.74 Å². The average molecular weight is 525 g/mol. The van der Waals surface area contributed by atoms with Crippen LogP contribution in [0.3, 0.4) is 0 Å². The maximum absolute atomic E-state index is 15.2. The Balaban J connectivity index is 1.48. The lowest BCUT2D eigenvalue weighted by atomic mass is 9.88. The molecule has 0 radical (unpaired) electrons. The number of halogens is 4. The van der Waals surface area contributed by atoms with Gasteiger partial charge in [0.1, 0.15) is 0 Å². The van der Waals surface area contributed by atoms with Crippen molar-refractivity contribution in [1.82, 2.24) is 0 Å². The van der Waals surface area contributed by atoms with Gasteiger partial charge in [-0.1, -0.05) is 93.8 Å². The summed E-state index contributed by atoms with van der Waals surface area (Å²) >= 11 is 0. The third kappa shape index (κ3) is 6.37. The number of unbranched alkanes of at least 4 members (excludes halogenated alkanes) is 2. The molecule has 0 aromatic heterocycles. The number of rotatable bonds is 10. The summed E-state index contributed by atoms with van der Waals surface area (Å²) in [5.41, 5.74) is 1.84. The zero-order chi connectivity index (χ0) is 27.1. The molecule has 0 amide bonds. The molecule has 1 aliphatic heterocycles. The number of hydrogen-bond acceptors (Lipinski definition) is 1. The van der Waals surface area contributed by atoms with Gasteiger partial charge in [0.25, 0.3) is 0 Å². The normalized spacial score (nSPS) is 17.8. The number of hydrogen-bond donors (Lipinski definition) is 0. The SMILES string of the molecule is CC/C=C\Cc1ccc(-c2ccc(-c3ccc(C4CCC(CCCCC)OC4)c(F)c3F)cc2)c(F)c1F. The van der Waals surface area contributed by atoms with Gasteiger partial charge in [-0.05, 0) is 54.4 Å². The number of benzene rings is 3. The van der Waals surface area contributed by atoms with Gasteiger partial charge in [-0.3, -0.25) is 0 Å². The van der Waals surface area contributed by atoms with Crippen molar-refractivity contribution >= 4 is 0 Å². The van der Waals surface area contributed by atoms with Crippen LogP contribution >= 0.6 is 0 Å². The first-order valence-corrected chi connectivity index (χ1v) is 13.8. The first kappa shape index (κ1) is 28.1. The molecule has 3 aromatic rings. The van der Waals surface area contributed by atoms with Crippen molar-refractivity contribution in [1.29, 1.82) is 0 Å². The smallest absolute Gasteiger partial charge is 0.166 e. The third-order valence-electron chi connectivity index (χ3n) is 7.46. The molecular weight excluding hydrogens is 488 g/mol. The minimum Gasteiger partial charge on any atom is -0.378 e. The predicted octanol–water partition coefficient (Wildman–Crippen LogP) is 9.93. The van der Waals surface area contributed by atoms with Gasteiger partial charge in [0.05, 0.1) is 12.7 Å². The standard InChI is InChI=1S/C33H36F4O/c1-3-5-7-9-24-16-18-27(31(35)30(24)34)22-11-13-23(14-12-22)28-19-20-29(33(37)32(28)36)25-15-17-26(38-21-25)10-8-6-4-2/h5,7,11-14,16,18-20,25-26H,3-4,6,8-10,15,17,21H2,1-2H3/b7-5-. The van der Waals surface area contributed by atoms with Crippen LogP contribution in [0.1, 0.15) is 75.8 Å². The van der Waals surface area contributed by atoms with Crippen molar-refractivity contribution in [3.8, 4) is 22.3 Å². The van der Waals surface area contributed by atoms with Gasteiger partial charge in [-0.15, -0.1) is 0 Å². The van der Waals surface area contributed by atoms with Crippen molar-refractivity contribution in [2.45, 2.75) is 77.2 Å². The van der Waals surface area contributed by atoms with Gasteiger partial charge in [0.15, 0.2) is 23.3 Å². The summed E-state index contributed by atoms with van der Waals surface area (Å²) in [6, 6.07) is 12.8. The minimum absolute atomic E-state index is 0.129. The van der Waals surface area contributed by atoms with Gasteiger partial charge in [0, 0.05) is 17.0 Å². The Bertz CT molecular complexity index is 1240. The molecule has 202 valence electrons. The van der Waals surface area contributed by atoms with Crippen LogP contribution in [-0.4, -0.2) is 12.7 Å². The lowest BCUT2D eigenvalue weighted by molar-refractivity contribution is -0.00277. The molecule has 1 nitrogen and oxygen atoms in total. The molecule has 38 heavy (non-hydrogen) atoms. The van der Waals surface area contributed by atoms with E-state index in [0.717, 1.165) is 38.5 Å². The Labute approximate surface area is 223 Å². The number of allylic oxidation sites excluding steroid dienone is 2. The van der Waals surface area contributed by atoms with E-state index in [-0.39, 0.29) is 23.1 Å². The zero-order valence-electron chi connectivity index (χ0n) is 22.2. The van der Waals surface area contributed by atoms with Crippen LogP contribution < -0.4 is 0 Å². The summed E-state index contributed by atoms with van der Waals surface area (Å²) < 4.78 is 65.7. The monoisotopic (exact) mass is 524 g/mol. The lowest BCUT2D eigenvalue weighted by Crippen LogP contribution is -2.25. The van der Waals surface area contributed by atoms with Gasteiger partial charge < -0.3 is 4.74 Å². The summed E-state index contributed by atoms with van der Waals surface area (Å²) in [7, 11) is 0. The Morgan fingerprint density at radius 1 is 0.737 bits per heavy atom. The second-order valence-corrected chi connectivity index (χ2v) is 10.1. The molecule has 1 heterocycles. The molecule has 3 aromatic carbocycles. The maximum atomic E-state index is 15.2. The van der Waals surface area contributed by atoms with Crippen molar-refractivity contribution in [3.63, 3.8) is 0 Å². The van der Waals surface area contributed by atoms with Gasteiger partial charge in [-0.2, -0.15) is 0 Å². The predicted molar refractivity (Wildman–Crippen MR) is 146 cm³/mol. The number of ether oxygens (including phenoxy) is 1. The largest absolute Gasteiger partial charge is 0.378 e. The molecule has 5 heteroatoms. The second-order valence-electron chi connectivity index (χ2n) is 10.1. The van der Waals surface area contributed by atoms with Crippen LogP contribution in [0.25, 0.3) is 22.3 Å². The fourth-order valence-corrected chi connectivity index (χ4v) is 5.18. The van der Waals surface area contributed by atoms with Crippen molar-refractivity contribution < 1.29 is 22.3 Å². The van der Waals surface area contributed by atoms with Gasteiger partial charge in [-0.25, -0.2) is 17.6 Å². The Kier molecular flexibility index (Phi) is 9.79. The summed E-state index contributed by atoms with van der Waals surface area (Å²) in [6.07, 6.45) is 11.2. The quantitative estimate of drug-likeness (QED) is 0.146.